The molecule has 0 saturated carbocycles. The van der Waals surface area contributed by atoms with Crippen LogP contribution in [-0.4, -0.2) is 35.1 Å². The van der Waals surface area contributed by atoms with E-state index in [0.717, 1.165) is 12.1 Å². The van der Waals surface area contributed by atoms with Gasteiger partial charge >= 0.3 is 18.2 Å². The molecule has 0 aliphatic carbocycles. The van der Waals surface area contributed by atoms with Gasteiger partial charge in [-0.05, 0) is 30.5 Å². The predicted octanol–water partition coefficient (Wildman–Crippen LogP) is 3.93. The number of benzene rings is 1. The summed E-state index contributed by atoms with van der Waals surface area (Å²) in [4.78, 5) is 24.7. The molecule has 0 aromatic heterocycles. The van der Waals surface area contributed by atoms with E-state index < -0.39 is 29.7 Å². The molecule has 1 heterocycles. The van der Waals surface area contributed by atoms with Crippen molar-refractivity contribution >= 4 is 29.3 Å². The molecule has 0 radical (unpaired) electrons. The molecule has 2 rings (SSSR count). The van der Waals surface area contributed by atoms with E-state index >= 15 is 0 Å². The number of carbonyl (C=O) groups is 2. The van der Waals surface area contributed by atoms with E-state index in [0.29, 0.717) is 13.0 Å². The number of urea groups is 1. The summed E-state index contributed by atoms with van der Waals surface area (Å²) in [5.41, 5.74) is -1.06. The van der Waals surface area contributed by atoms with E-state index in [-0.39, 0.29) is 23.2 Å². The molecule has 1 aromatic carbocycles. The maximum absolute atomic E-state index is 12.8. The Kier molecular flexibility index (Phi) is 5.27. The number of carbonyl (C=O) groups excluding carboxylic acids is 1. The van der Waals surface area contributed by atoms with E-state index in [4.69, 9.17) is 16.7 Å². The SMILES string of the molecule is CC1CC(C(=O)O)CN(C(=O)Nc2cc(Cl)cc(C(F)(F)F)c2)C1. The highest BCUT2D eigenvalue weighted by atomic mass is 35.5. The molecular formula is C15H16ClF3N2O3. The van der Waals surface area contributed by atoms with Crippen LogP contribution in [0.4, 0.5) is 23.7 Å². The number of hydrogen-bond acceptors (Lipinski definition) is 2. The number of carboxylic acids is 1. The normalized spacial score (nSPS) is 21.5. The summed E-state index contributed by atoms with van der Waals surface area (Å²) in [6.07, 6.45) is -4.13. The van der Waals surface area contributed by atoms with Crippen LogP contribution in [0, 0.1) is 11.8 Å². The zero-order valence-corrected chi connectivity index (χ0v) is 13.5. The minimum absolute atomic E-state index is 0.0121. The number of rotatable bonds is 2. The number of amides is 2. The van der Waals surface area contributed by atoms with Crippen LogP contribution in [-0.2, 0) is 11.0 Å². The van der Waals surface area contributed by atoms with Crippen molar-refractivity contribution in [2.24, 2.45) is 11.8 Å². The zero-order valence-electron chi connectivity index (χ0n) is 12.7. The van der Waals surface area contributed by atoms with Crippen molar-refractivity contribution < 1.29 is 27.9 Å². The molecule has 9 heteroatoms. The first-order chi connectivity index (χ1) is 11.1. The number of anilines is 1. The molecule has 1 fully saturated rings. The van der Waals surface area contributed by atoms with Crippen molar-refractivity contribution in [2.75, 3.05) is 18.4 Å². The van der Waals surface area contributed by atoms with Crippen LogP contribution in [0.3, 0.4) is 0 Å². The second-order valence-electron chi connectivity index (χ2n) is 5.94. The maximum Gasteiger partial charge on any atom is 0.416 e. The highest BCUT2D eigenvalue weighted by Crippen LogP contribution is 2.33. The van der Waals surface area contributed by atoms with Crippen molar-refractivity contribution in [2.45, 2.75) is 19.5 Å². The average molecular weight is 365 g/mol. The lowest BCUT2D eigenvalue weighted by Gasteiger charge is -2.34. The first-order valence-corrected chi connectivity index (χ1v) is 7.60. The number of piperidine rings is 1. The number of nitrogens with zero attached hydrogens (tertiary/aromatic N) is 1. The van der Waals surface area contributed by atoms with Crippen LogP contribution in [0.5, 0.6) is 0 Å². The Balaban J connectivity index is 2.14. The molecule has 1 aromatic rings. The van der Waals surface area contributed by atoms with Gasteiger partial charge in [0.2, 0.25) is 0 Å². The highest BCUT2D eigenvalue weighted by molar-refractivity contribution is 6.31. The smallest absolute Gasteiger partial charge is 0.416 e. The summed E-state index contributed by atoms with van der Waals surface area (Å²) in [6, 6.07) is 2.10. The monoisotopic (exact) mass is 364 g/mol. The summed E-state index contributed by atoms with van der Waals surface area (Å²) in [7, 11) is 0. The number of nitrogens with one attached hydrogen (secondary N) is 1. The van der Waals surface area contributed by atoms with Crippen LogP contribution in [0.15, 0.2) is 18.2 Å². The van der Waals surface area contributed by atoms with Gasteiger partial charge in [0.1, 0.15) is 0 Å². The van der Waals surface area contributed by atoms with Crippen molar-refractivity contribution in [3.8, 4) is 0 Å². The van der Waals surface area contributed by atoms with Gasteiger partial charge in [-0.15, -0.1) is 0 Å². The number of carboxylic acid groups (broad SMARTS) is 1. The first kappa shape index (κ1) is 18.4. The molecule has 2 atom stereocenters. The third-order valence-electron chi connectivity index (χ3n) is 3.77. The third-order valence-corrected chi connectivity index (χ3v) is 3.99. The average Bonchev–Trinajstić information content (AvgIpc) is 2.44. The molecule has 1 aliphatic rings. The van der Waals surface area contributed by atoms with Crippen LogP contribution < -0.4 is 5.32 Å². The molecule has 2 N–H and O–H groups in total. The van der Waals surface area contributed by atoms with Gasteiger partial charge < -0.3 is 15.3 Å². The Morgan fingerprint density at radius 3 is 2.54 bits per heavy atom. The highest BCUT2D eigenvalue weighted by Gasteiger charge is 2.33. The molecule has 2 amide bonds. The minimum Gasteiger partial charge on any atom is -0.481 e. The fraction of sp³-hybridized carbons (Fsp3) is 0.467. The van der Waals surface area contributed by atoms with Crippen LogP contribution in [0.25, 0.3) is 0 Å². The summed E-state index contributed by atoms with van der Waals surface area (Å²) in [5, 5.41) is 11.3. The topological polar surface area (TPSA) is 69.6 Å². The van der Waals surface area contributed by atoms with Gasteiger partial charge in [-0.3, -0.25) is 4.79 Å². The minimum atomic E-state index is -4.58. The van der Waals surface area contributed by atoms with Crippen LogP contribution in [0.2, 0.25) is 5.02 Å². The van der Waals surface area contributed by atoms with E-state index in [2.05, 4.69) is 5.32 Å². The van der Waals surface area contributed by atoms with Gasteiger partial charge in [0.15, 0.2) is 0 Å². The van der Waals surface area contributed by atoms with E-state index in [9.17, 15) is 22.8 Å². The second kappa shape index (κ2) is 6.88. The maximum atomic E-state index is 12.8. The quantitative estimate of drug-likeness (QED) is 0.835. The summed E-state index contributed by atoms with van der Waals surface area (Å²) >= 11 is 5.67. The predicted molar refractivity (Wildman–Crippen MR) is 82.0 cm³/mol. The van der Waals surface area contributed by atoms with E-state index in [1.807, 2.05) is 6.92 Å². The van der Waals surface area contributed by atoms with Gasteiger partial charge in [0.05, 0.1) is 11.5 Å². The van der Waals surface area contributed by atoms with Crippen molar-refractivity contribution in [3.05, 3.63) is 28.8 Å². The third kappa shape index (κ3) is 4.53. The fourth-order valence-corrected chi connectivity index (χ4v) is 2.96. The Labute approximate surface area is 141 Å². The largest absolute Gasteiger partial charge is 0.481 e. The molecule has 132 valence electrons. The van der Waals surface area contributed by atoms with E-state index in [1.165, 1.54) is 11.0 Å². The standard InChI is InChI=1S/C15H16ClF3N2O3/c1-8-2-9(13(22)23)7-21(6-8)14(24)20-12-4-10(15(17,18)19)3-11(16)5-12/h3-5,8-9H,2,6-7H2,1H3,(H,20,24)(H,22,23). The lowest BCUT2D eigenvalue weighted by Crippen LogP contribution is -2.47. The van der Waals surface area contributed by atoms with Crippen LogP contribution in [0.1, 0.15) is 18.9 Å². The molecular weight excluding hydrogens is 349 g/mol. The number of halogens is 4. The lowest BCUT2D eigenvalue weighted by atomic mass is 9.91. The molecule has 1 saturated heterocycles. The second-order valence-corrected chi connectivity index (χ2v) is 6.37. The van der Waals surface area contributed by atoms with Gasteiger partial charge in [-0.1, -0.05) is 18.5 Å². The molecule has 24 heavy (non-hydrogen) atoms. The Morgan fingerprint density at radius 2 is 1.96 bits per heavy atom. The Hall–Kier alpha value is -1.96. The van der Waals surface area contributed by atoms with Gasteiger partial charge in [-0.2, -0.15) is 13.2 Å². The lowest BCUT2D eigenvalue weighted by molar-refractivity contribution is -0.143. The molecule has 5 nitrogen and oxygen atoms in total. The fourth-order valence-electron chi connectivity index (χ4n) is 2.72. The number of aliphatic carboxylic acids is 1. The number of alkyl halides is 3. The van der Waals surface area contributed by atoms with Crippen molar-refractivity contribution in [1.82, 2.24) is 4.90 Å². The molecule has 2 unspecified atom stereocenters. The number of likely N-dealkylation sites (tertiary alicyclic amines) is 1. The molecule has 0 spiro atoms. The molecule has 1 aliphatic heterocycles. The molecule has 0 bridgehead atoms. The number of hydrogen-bond donors (Lipinski definition) is 2. The van der Waals surface area contributed by atoms with Crippen LogP contribution >= 0.6 is 11.6 Å². The Bertz CT molecular complexity index is 651. The van der Waals surface area contributed by atoms with E-state index in [1.54, 1.807) is 0 Å². The van der Waals surface area contributed by atoms with Gasteiger partial charge in [0, 0.05) is 23.8 Å². The summed E-state index contributed by atoms with van der Waals surface area (Å²) < 4.78 is 38.4. The van der Waals surface area contributed by atoms with Crippen molar-refractivity contribution in [3.63, 3.8) is 0 Å². The summed E-state index contributed by atoms with van der Waals surface area (Å²) in [5.74, 6) is -1.71. The zero-order chi connectivity index (χ0) is 18.1. The Morgan fingerprint density at radius 1 is 1.29 bits per heavy atom. The van der Waals surface area contributed by atoms with Gasteiger partial charge in [-0.25, -0.2) is 4.79 Å². The summed E-state index contributed by atoms with van der Waals surface area (Å²) in [6.45, 7) is 2.16. The van der Waals surface area contributed by atoms with Gasteiger partial charge in [0.25, 0.3) is 0 Å². The van der Waals surface area contributed by atoms with Crippen molar-refractivity contribution in [1.29, 1.82) is 0 Å². The first-order valence-electron chi connectivity index (χ1n) is 7.22.